The summed E-state index contributed by atoms with van der Waals surface area (Å²) in [5.41, 5.74) is 9.61. The molecule has 2 heterocycles. The van der Waals surface area contributed by atoms with Crippen molar-refractivity contribution in [2.24, 2.45) is 5.41 Å². The van der Waals surface area contributed by atoms with Crippen LogP contribution in [0.4, 0.5) is 5.82 Å². The van der Waals surface area contributed by atoms with E-state index in [2.05, 4.69) is 16.9 Å². The number of benzene rings is 1. The van der Waals surface area contributed by atoms with Crippen molar-refractivity contribution in [2.45, 2.75) is 89.6 Å². The number of carbonyl (C=O) groups excluding carboxylic acids is 2. The third-order valence-electron chi connectivity index (χ3n) is 8.93. The van der Waals surface area contributed by atoms with Gasteiger partial charge in [-0.05, 0) is 73.1 Å². The van der Waals surface area contributed by atoms with E-state index in [-0.39, 0.29) is 37.4 Å². The third-order valence-corrected chi connectivity index (χ3v) is 8.93. The highest BCUT2D eigenvalue weighted by molar-refractivity contribution is 6.05. The van der Waals surface area contributed by atoms with Crippen LogP contribution in [-0.4, -0.2) is 56.7 Å². The first-order valence-corrected chi connectivity index (χ1v) is 15.3. The summed E-state index contributed by atoms with van der Waals surface area (Å²) in [6.07, 6.45) is 8.83. The number of aromatic nitrogens is 2. The zero-order chi connectivity index (χ0) is 31.0. The number of phenols is 1. The molecule has 4 rings (SSSR count). The quantitative estimate of drug-likeness (QED) is 0.117. The summed E-state index contributed by atoms with van der Waals surface area (Å²) in [4.78, 5) is 32.8. The molecule has 0 amide bonds. The number of methoxy groups -OCH3 is 1. The topological polar surface area (TPSA) is 159 Å². The molecule has 1 aromatic carbocycles. The van der Waals surface area contributed by atoms with Crippen LogP contribution in [0.5, 0.6) is 11.5 Å². The maximum absolute atomic E-state index is 12.8. The van der Waals surface area contributed by atoms with Gasteiger partial charge in [-0.1, -0.05) is 38.7 Å². The minimum Gasteiger partial charge on any atom is -0.504 e. The molecule has 0 bridgehead atoms. The maximum atomic E-state index is 12.8. The van der Waals surface area contributed by atoms with Crippen molar-refractivity contribution >= 4 is 17.4 Å². The molecular weight excluding hydrogens is 546 g/mol. The average molecular weight is 592 g/mol. The number of hydrogen-bond donors (Lipinski definition) is 5. The molecule has 3 aromatic rings. The van der Waals surface area contributed by atoms with Crippen LogP contribution in [0.15, 0.2) is 42.7 Å². The van der Waals surface area contributed by atoms with Gasteiger partial charge in [0.05, 0.1) is 7.11 Å². The smallest absolute Gasteiger partial charge is 0.170 e. The zero-order valence-corrected chi connectivity index (χ0v) is 25.3. The Morgan fingerprint density at radius 1 is 1.14 bits per heavy atom. The van der Waals surface area contributed by atoms with E-state index in [1.165, 1.54) is 7.11 Å². The molecule has 3 unspecified atom stereocenters. The second-order valence-corrected chi connectivity index (χ2v) is 11.8. The molecule has 0 saturated carbocycles. The van der Waals surface area contributed by atoms with Crippen LogP contribution in [0, 0.1) is 5.41 Å². The lowest BCUT2D eigenvalue weighted by Gasteiger charge is -2.45. The standard InChI is InChI=1S/C34H45N3O6/c1-3-4-5-6-7-10-27(39)32(42)28(40)12-11-22-18-26(31(41)29(19-22)43-2)30-24-14-17-37-33(35)25(24)13-15-34(30,21-38)20-23-9-8-16-36-23/h8-9,14,16-19,30,32,36,38,41-42H,3-7,10-13,15,20-21H2,1-2H3,(H2,35,37). The van der Waals surface area contributed by atoms with E-state index in [9.17, 15) is 24.9 Å². The molecule has 1 aliphatic rings. The predicted molar refractivity (Wildman–Crippen MR) is 165 cm³/mol. The number of nitrogens with one attached hydrogen (secondary N) is 1. The number of Topliss-reactive ketones (excluding diaryl/α,β-unsaturated/α-hetero) is 2. The molecule has 1 aliphatic carbocycles. The van der Waals surface area contributed by atoms with Crippen LogP contribution in [0.3, 0.4) is 0 Å². The normalized spacial score (nSPS) is 18.7. The highest BCUT2D eigenvalue weighted by atomic mass is 16.5. The number of aryl methyl sites for hydroxylation is 1. The van der Waals surface area contributed by atoms with Crippen molar-refractivity contribution < 1.29 is 29.6 Å². The summed E-state index contributed by atoms with van der Waals surface area (Å²) in [6, 6.07) is 9.29. The highest BCUT2D eigenvalue weighted by Gasteiger charge is 2.46. The average Bonchev–Trinajstić information content (AvgIpc) is 3.52. The molecule has 3 atom stereocenters. The Hall–Kier alpha value is -3.69. The number of aromatic hydroxyl groups is 1. The number of aliphatic hydroxyl groups is 2. The van der Waals surface area contributed by atoms with Gasteiger partial charge < -0.3 is 30.8 Å². The first-order chi connectivity index (χ1) is 20.7. The van der Waals surface area contributed by atoms with Gasteiger partial charge in [-0.25, -0.2) is 4.98 Å². The SMILES string of the molecule is CCCCCCCC(=O)C(O)C(=O)CCc1cc(OC)c(O)c(C2c3ccnc(N)c3CCC2(CO)Cc2ccc[nH]2)c1. The van der Waals surface area contributed by atoms with Crippen LogP contribution in [0.25, 0.3) is 0 Å². The number of nitrogen functional groups attached to an aromatic ring is 1. The lowest BCUT2D eigenvalue weighted by atomic mass is 9.60. The number of unbranched alkanes of at least 4 members (excludes halogenated alkanes) is 4. The number of carbonyl (C=O) groups is 2. The van der Waals surface area contributed by atoms with E-state index in [1.54, 1.807) is 12.3 Å². The monoisotopic (exact) mass is 591 g/mol. The molecule has 6 N–H and O–H groups in total. The summed E-state index contributed by atoms with van der Waals surface area (Å²) < 4.78 is 5.56. The van der Waals surface area contributed by atoms with E-state index in [1.807, 2.05) is 30.5 Å². The van der Waals surface area contributed by atoms with Crippen molar-refractivity contribution in [3.05, 3.63) is 70.7 Å². The summed E-state index contributed by atoms with van der Waals surface area (Å²) in [5.74, 6) is -0.804. The van der Waals surface area contributed by atoms with Gasteiger partial charge >= 0.3 is 0 Å². The van der Waals surface area contributed by atoms with Gasteiger partial charge in [-0.3, -0.25) is 9.59 Å². The van der Waals surface area contributed by atoms with Gasteiger partial charge in [0.2, 0.25) is 0 Å². The van der Waals surface area contributed by atoms with Crippen molar-refractivity contribution in [1.82, 2.24) is 9.97 Å². The highest BCUT2D eigenvalue weighted by Crippen LogP contribution is 2.54. The minimum absolute atomic E-state index is 0.0398. The molecule has 0 spiro atoms. The summed E-state index contributed by atoms with van der Waals surface area (Å²) in [7, 11) is 1.46. The fourth-order valence-corrected chi connectivity index (χ4v) is 6.52. The van der Waals surface area contributed by atoms with Gasteiger partial charge in [0.15, 0.2) is 29.2 Å². The van der Waals surface area contributed by atoms with Crippen LogP contribution in [0.1, 0.15) is 92.2 Å². The van der Waals surface area contributed by atoms with Crippen LogP contribution < -0.4 is 10.5 Å². The van der Waals surface area contributed by atoms with E-state index in [0.717, 1.165) is 42.5 Å². The number of aromatic amines is 1. The van der Waals surface area contributed by atoms with Gasteiger partial charge in [-0.2, -0.15) is 0 Å². The lowest BCUT2D eigenvalue weighted by molar-refractivity contribution is -0.138. The van der Waals surface area contributed by atoms with Crippen LogP contribution in [-0.2, 0) is 28.9 Å². The summed E-state index contributed by atoms with van der Waals surface area (Å²) in [5, 5.41) is 32.9. The number of hydrogen-bond acceptors (Lipinski definition) is 8. The fraction of sp³-hybridized carbons (Fsp3) is 0.500. The number of ketones is 2. The molecule has 9 heteroatoms. The van der Waals surface area contributed by atoms with Gasteiger partial charge in [0.25, 0.3) is 0 Å². The minimum atomic E-state index is -1.63. The molecular formula is C34H45N3O6. The zero-order valence-electron chi connectivity index (χ0n) is 25.3. The Bertz CT molecular complexity index is 1390. The number of pyridine rings is 1. The number of aliphatic hydroxyl groups excluding tert-OH is 2. The maximum Gasteiger partial charge on any atom is 0.170 e. The summed E-state index contributed by atoms with van der Waals surface area (Å²) >= 11 is 0. The molecule has 0 saturated heterocycles. The van der Waals surface area contributed by atoms with Crippen LogP contribution in [0.2, 0.25) is 0 Å². The second-order valence-electron chi connectivity index (χ2n) is 11.8. The Labute approximate surface area is 253 Å². The van der Waals surface area contributed by atoms with Crippen molar-refractivity contribution in [2.75, 3.05) is 19.5 Å². The van der Waals surface area contributed by atoms with Gasteiger partial charge in [0.1, 0.15) is 5.82 Å². The first kappa shape index (κ1) is 32.2. The third kappa shape index (κ3) is 7.28. The molecule has 43 heavy (non-hydrogen) atoms. The van der Waals surface area contributed by atoms with Gasteiger partial charge in [-0.15, -0.1) is 0 Å². The number of rotatable bonds is 16. The Balaban J connectivity index is 1.63. The fourth-order valence-electron chi connectivity index (χ4n) is 6.52. The second kappa shape index (κ2) is 14.7. The van der Waals surface area contributed by atoms with E-state index in [0.29, 0.717) is 42.6 Å². The largest absolute Gasteiger partial charge is 0.504 e. The first-order valence-electron chi connectivity index (χ1n) is 15.3. The molecule has 2 aromatic heterocycles. The van der Waals surface area contributed by atoms with E-state index < -0.39 is 29.0 Å². The predicted octanol–water partition coefficient (Wildman–Crippen LogP) is 4.80. The number of nitrogens with two attached hydrogens (primary N) is 1. The van der Waals surface area contributed by atoms with Crippen molar-refractivity contribution in [3.63, 3.8) is 0 Å². The number of ether oxygens (including phenoxy) is 1. The number of phenolic OH excluding ortho intramolecular Hbond substituents is 1. The van der Waals surface area contributed by atoms with E-state index in [4.69, 9.17) is 10.5 Å². The Morgan fingerprint density at radius 3 is 2.60 bits per heavy atom. The molecule has 0 fully saturated rings. The van der Waals surface area contributed by atoms with Crippen LogP contribution >= 0.6 is 0 Å². The summed E-state index contributed by atoms with van der Waals surface area (Å²) in [6.45, 7) is 1.98. The number of nitrogens with zero attached hydrogens (tertiary/aromatic N) is 1. The van der Waals surface area contributed by atoms with Gasteiger partial charge in [0, 0.05) is 54.4 Å². The molecule has 0 radical (unpaired) electrons. The van der Waals surface area contributed by atoms with E-state index >= 15 is 0 Å². The molecule has 0 aliphatic heterocycles. The number of fused-ring (bicyclic) bond motifs is 1. The molecule has 9 nitrogen and oxygen atoms in total. The van der Waals surface area contributed by atoms with Crippen molar-refractivity contribution in [3.8, 4) is 11.5 Å². The number of anilines is 1. The Morgan fingerprint density at radius 2 is 1.91 bits per heavy atom. The lowest BCUT2D eigenvalue weighted by Crippen LogP contribution is -2.40. The molecule has 232 valence electrons. The number of H-pyrrole nitrogens is 1. The van der Waals surface area contributed by atoms with Crippen molar-refractivity contribution in [1.29, 1.82) is 0 Å². The Kier molecular flexibility index (Phi) is 11.0.